The van der Waals surface area contributed by atoms with Gasteiger partial charge >= 0.3 is 0 Å². The molecule has 3 rings (SSSR count). The molecule has 0 bridgehead atoms. The normalized spacial score (nSPS) is 19.1. The van der Waals surface area contributed by atoms with Gasteiger partial charge in [0.05, 0.1) is 16.7 Å². The maximum Gasteiger partial charge on any atom is 0.243 e. The fraction of sp³-hybridized carbons (Fsp3) is 0.500. The van der Waals surface area contributed by atoms with Gasteiger partial charge in [0.1, 0.15) is 4.90 Å². The van der Waals surface area contributed by atoms with Gasteiger partial charge in [-0.15, -0.1) is 0 Å². The number of nitrogens with two attached hydrogens (primary N) is 1. The zero-order valence-electron chi connectivity index (χ0n) is 20.4. The number of ether oxygens (including phenoxy) is 1. The molecule has 1 aliphatic carbocycles. The second-order valence-corrected chi connectivity index (χ2v) is 13.4. The highest BCUT2D eigenvalue weighted by Crippen LogP contribution is 2.32. The van der Waals surface area contributed by atoms with Crippen LogP contribution in [0.15, 0.2) is 52.3 Å². The van der Waals surface area contributed by atoms with Gasteiger partial charge in [0.25, 0.3) is 0 Å². The minimum absolute atomic E-state index is 0.0406. The third-order valence-corrected chi connectivity index (χ3v) is 9.26. The summed E-state index contributed by atoms with van der Waals surface area (Å²) in [4.78, 5) is -0.350. The number of nitrogens with one attached hydrogen (secondary N) is 1. The number of methoxy groups -OCH3 is 1. The Morgan fingerprint density at radius 2 is 1.68 bits per heavy atom. The molecule has 188 valence electrons. The van der Waals surface area contributed by atoms with Crippen molar-refractivity contribution in [1.82, 2.24) is 4.31 Å². The van der Waals surface area contributed by atoms with Crippen LogP contribution in [-0.2, 0) is 36.6 Å². The highest BCUT2D eigenvalue weighted by molar-refractivity contribution is 7.90. The highest BCUT2D eigenvalue weighted by atomic mass is 32.2. The van der Waals surface area contributed by atoms with E-state index in [-0.39, 0.29) is 33.0 Å². The Labute approximate surface area is 203 Å². The number of rotatable bonds is 9. The summed E-state index contributed by atoms with van der Waals surface area (Å²) in [6.45, 7) is 6.93. The average molecular weight is 510 g/mol. The van der Waals surface area contributed by atoms with Gasteiger partial charge < -0.3 is 10.1 Å². The summed E-state index contributed by atoms with van der Waals surface area (Å²) in [5.41, 5.74) is 2.69. The molecule has 0 aromatic heterocycles. The molecule has 2 aromatic rings. The van der Waals surface area contributed by atoms with Crippen molar-refractivity contribution in [3.8, 4) is 0 Å². The smallest absolute Gasteiger partial charge is 0.243 e. The standard InChI is InChI=1S/C24H35N3O5S2/c1-24(2,3)18-8-6-17(7-9-18)12-13-26-22-11-10-21(16-23(22)33(25,28)29)34(30,31)27(4)19-14-20(15-19)32-5/h6-11,16,19-20,26H,12-15H2,1-5H3,(H2,25,28,29). The van der Waals surface area contributed by atoms with E-state index in [1.54, 1.807) is 7.11 Å². The first-order chi connectivity index (χ1) is 15.7. The molecule has 0 radical (unpaired) electrons. The lowest BCUT2D eigenvalue weighted by molar-refractivity contribution is 0.000549. The number of hydrogen-bond acceptors (Lipinski definition) is 6. The summed E-state index contributed by atoms with van der Waals surface area (Å²) in [5.74, 6) is 0. The zero-order valence-corrected chi connectivity index (χ0v) is 22.0. The molecule has 1 aliphatic rings. The Morgan fingerprint density at radius 3 is 2.21 bits per heavy atom. The van der Waals surface area contributed by atoms with Gasteiger partial charge in [0.2, 0.25) is 20.0 Å². The van der Waals surface area contributed by atoms with Crippen LogP contribution >= 0.6 is 0 Å². The number of primary sulfonamides is 1. The molecular weight excluding hydrogens is 474 g/mol. The molecule has 1 saturated carbocycles. The fourth-order valence-corrected chi connectivity index (χ4v) is 6.16. The molecule has 34 heavy (non-hydrogen) atoms. The first-order valence-electron chi connectivity index (χ1n) is 11.2. The lowest BCUT2D eigenvalue weighted by Crippen LogP contribution is -2.48. The van der Waals surface area contributed by atoms with Crippen molar-refractivity contribution in [2.24, 2.45) is 5.14 Å². The van der Waals surface area contributed by atoms with E-state index in [4.69, 9.17) is 9.88 Å². The van der Waals surface area contributed by atoms with Crippen LogP contribution in [0.3, 0.4) is 0 Å². The van der Waals surface area contributed by atoms with Crippen LogP contribution in [-0.4, -0.2) is 54.0 Å². The highest BCUT2D eigenvalue weighted by Gasteiger charge is 2.38. The SMILES string of the molecule is COC1CC(N(C)S(=O)(=O)c2ccc(NCCc3ccc(C(C)(C)C)cc3)c(S(N)(=O)=O)c2)C1. The summed E-state index contributed by atoms with van der Waals surface area (Å²) in [7, 11) is -4.93. The van der Waals surface area contributed by atoms with Gasteiger partial charge in [-0.2, -0.15) is 4.31 Å². The van der Waals surface area contributed by atoms with Gasteiger partial charge in [-0.25, -0.2) is 22.0 Å². The van der Waals surface area contributed by atoms with Crippen molar-refractivity contribution in [1.29, 1.82) is 0 Å². The van der Waals surface area contributed by atoms with Crippen LogP contribution in [0.1, 0.15) is 44.7 Å². The Bertz CT molecular complexity index is 1210. The van der Waals surface area contributed by atoms with E-state index in [9.17, 15) is 16.8 Å². The number of nitrogens with zero attached hydrogens (tertiary/aromatic N) is 1. The van der Waals surface area contributed by atoms with Gasteiger partial charge in [-0.3, -0.25) is 0 Å². The van der Waals surface area contributed by atoms with Gasteiger partial charge in [-0.1, -0.05) is 45.0 Å². The first-order valence-corrected chi connectivity index (χ1v) is 14.2. The summed E-state index contributed by atoms with van der Waals surface area (Å²) >= 11 is 0. The monoisotopic (exact) mass is 509 g/mol. The molecule has 2 aromatic carbocycles. The summed E-state index contributed by atoms with van der Waals surface area (Å²) < 4.78 is 57.2. The maximum atomic E-state index is 13.1. The molecule has 1 fully saturated rings. The minimum Gasteiger partial charge on any atom is -0.384 e. The van der Waals surface area contributed by atoms with Crippen molar-refractivity contribution in [2.75, 3.05) is 26.0 Å². The van der Waals surface area contributed by atoms with Crippen LogP contribution in [0.2, 0.25) is 0 Å². The van der Waals surface area contributed by atoms with Crippen LogP contribution in [0, 0.1) is 0 Å². The molecule has 0 aliphatic heterocycles. The predicted molar refractivity (Wildman–Crippen MR) is 134 cm³/mol. The Hall–Kier alpha value is -1.98. The molecule has 3 N–H and O–H groups in total. The maximum absolute atomic E-state index is 13.1. The van der Waals surface area contributed by atoms with Crippen molar-refractivity contribution in [3.05, 3.63) is 53.6 Å². The second-order valence-electron chi connectivity index (χ2n) is 9.83. The van der Waals surface area contributed by atoms with Gasteiger partial charge in [0, 0.05) is 26.7 Å². The van der Waals surface area contributed by atoms with E-state index in [0.717, 1.165) is 11.6 Å². The van der Waals surface area contributed by atoms with E-state index < -0.39 is 20.0 Å². The lowest BCUT2D eigenvalue weighted by atomic mass is 9.86. The van der Waals surface area contributed by atoms with E-state index in [1.165, 1.54) is 29.0 Å². The van der Waals surface area contributed by atoms with Crippen molar-refractivity contribution in [3.63, 3.8) is 0 Å². The molecule has 10 heteroatoms. The summed E-state index contributed by atoms with van der Waals surface area (Å²) in [6.07, 6.45) is 1.91. The quantitative estimate of drug-likeness (QED) is 0.536. The molecule has 0 heterocycles. The molecule has 0 unspecified atom stereocenters. The molecular formula is C24H35N3O5S2. The first kappa shape index (κ1) is 26.6. The largest absolute Gasteiger partial charge is 0.384 e. The molecule has 8 nitrogen and oxygen atoms in total. The topological polar surface area (TPSA) is 119 Å². The number of sulfonamides is 2. The van der Waals surface area contributed by atoms with Gasteiger partial charge in [-0.05, 0) is 54.0 Å². The van der Waals surface area contributed by atoms with Crippen molar-refractivity contribution >= 4 is 25.7 Å². The molecule has 0 amide bonds. The Balaban J connectivity index is 1.75. The Morgan fingerprint density at radius 1 is 1.06 bits per heavy atom. The van der Waals surface area contributed by atoms with E-state index in [1.807, 2.05) is 0 Å². The zero-order chi connectivity index (χ0) is 25.3. The number of hydrogen-bond donors (Lipinski definition) is 2. The van der Waals surface area contributed by atoms with E-state index >= 15 is 0 Å². The van der Waals surface area contributed by atoms with Crippen LogP contribution in [0.25, 0.3) is 0 Å². The van der Waals surface area contributed by atoms with E-state index in [2.05, 4.69) is 50.4 Å². The summed E-state index contributed by atoms with van der Waals surface area (Å²) in [5, 5.41) is 8.52. The average Bonchev–Trinajstić information content (AvgIpc) is 2.72. The number of benzene rings is 2. The minimum atomic E-state index is -4.15. The molecule has 0 spiro atoms. The van der Waals surface area contributed by atoms with Crippen LogP contribution < -0.4 is 10.5 Å². The third-order valence-electron chi connectivity index (χ3n) is 6.40. The second kappa shape index (κ2) is 9.94. The number of anilines is 1. The predicted octanol–water partition coefficient (Wildman–Crippen LogP) is 3.08. The molecule has 0 saturated heterocycles. The van der Waals surface area contributed by atoms with Gasteiger partial charge in [0.15, 0.2) is 0 Å². The molecule has 0 atom stereocenters. The van der Waals surface area contributed by atoms with Crippen molar-refractivity contribution < 1.29 is 21.6 Å². The third kappa shape index (κ3) is 5.98. The van der Waals surface area contributed by atoms with E-state index in [0.29, 0.717) is 25.8 Å². The lowest BCUT2D eigenvalue weighted by Gasteiger charge is -2.39. The summed E-state index contributed by atoms with van der Waals surface area (Å²) in [6, 6.07) is 12.1. The van der Waals surface area contributed by atoms with Crippen molar-refractivity contribution in [2.45, 2.75) is 67.4 Å². The Kier molecular flexibility index (Phi) is 7.79. The fourth-order valence-electron chi connectivity index (χ4n) is 3.95. The van der Waals surface area contributed by atoms with Crippen LogP contribution in [0.4, 0.5) is 5.69 Å². The van der Waals surface area contributed by atoms with Crippen LogP contribution in [0.5, 0.6) is 0 Å².